The maximum absolute atomic E-state index is 12.4. The third-order valence-corrected chi connectivity index (χ3v) is 4.55. The lowest BCUT2D eigenvalue weighted by Crippen LogP contribution is -2.14. The predicted octanol–water partition coefficient (Wildman–Crippen LogP) is 6.11. The zero-order valence-electron chi connectivity index (χ0n) is 14.3. The molecule has 0 aliphatic heterocycles. The molecule has 4 nitrogen and oxygen atoms in total. The van der Waals surface area contributed by atoms with Crippen molar-refractivity contribution in [3.05, 3.63) is 81.5 Å². The molecule has 0 atom stereocenters. The molecular formula is C21H14Cl2N2O2. The Morgan fingerprint density at radius 1 is 1.15 bits per heavy atom. The van der Waals surface area contributed by atoms with E-state index in [2.05, 4.69) is 5.32 Å². The Balaban J connectivity index is 1.83. The number of halogens is 2. The molecule has 0 unspecified atom stereocenters. The highest BCUT2D eigenvalue weighted by Gasteiger charge is 2.13. The van der Waals surface area contributed by atoms with Crippen LogP contribution in [-0.4, -0.2) is 5.91 Å². The van der Waals surface area contributed by atoms with E-state index in [1.165, 1.54) is 6.08 Å². The third kappa shape index (κ3) is 4.40. The molecule has 0 spiro atoms. The Morgan fingerprint density at radius 3 is 2.67 bits per heavy atom. The lowest BCUT2D eigenvalue weighted by molar-refractivity contribution is -0.112. The van der Waals surface area contributed by atoms with Gasteiger partial charge in [0.15, 0.2) is 0 Å². The molecule has 0 fully saturated rings. The van der Waals surface area contributed by atoms with Crippen LogP contribution in [0.25, 0.3) is 17.4 Å². The van der Waals surface area contributed by atoms with Gasteiger partial charge in [0.1, 0.15) is 23.2 Å². The number of nitrogens with one attached hydrogen (secondary N) is 1. The maximum Gasteiger partial charge on any atom is 0.266 e. The molecule has 1 heterocycles. The number of benzene rings is 2. The van der Waals surface area contributed by atoms with Crippen LogP contribution in [0.4, 0.5) is 5.69 Å². The Bertz CT molecular complexity index is 1080. The van der Waals surface area contributed by atoms with Crippen LogP contribution in [0.3, 0.4) is 0 Å². The summed E-state index contributed by atoms with van der Waals surface area (Å²) >= 11 is 12.0. The lowest BCUT2D eigenvalue weighted by atomic mass is 10.1. The maximum atomic E-state index is 12.4. The van der Waals surface area contributed by atoms with E-state index in [-0.39, 0.29) is 5.57 Å². The molecular weight excluding hydrogens is 383 g/mol. The van der Waals surface area contributed by atoms with Crippen LogP contribution < -0.4 is 5.32 Å². The highest BCUT2D eigenvalue weighted by molar-refractivity contribution is 6.32. The Hall–Kier alpha value is -3.00. The number of carbonyl (C=O) groups excluding carboxylic acids is 1. The van der Waals surface area contributed by atoms with Crippen LogP contribution in [0.15, 0.2) is 64.6 Å². The molecule has 0 radical (unpaired) electrons. The molecule has 0 saturated carbocycles. The van der Waals surface area contributed by atoms with Gasteiger partial charge in [0.25, 0.3) is 5.91 Å². The minimum atomic E-state index is -0.538. The fourth-order valence-electron chi connectivity index (χ4n) is 2.45. The molecule has 1 amide bonds. The summed E-state index contributed by atoms with van der Waals surface area (Å²) in [6, 6.07) is 17.7. The molecule has 0 aliphatic carbocycles. The molecule has 0 saturated heterocycles. The Morgan fingerprint density at radius 2 is 1.93 bits per heavy atom. The van der Waals surface area contributed by atoms with Crippen LogP contribution in [0.2, 0.25) is 10.0 Å². The first-order chi connectivity index (χ1) is 13.0. The molecule has 0 bridgehead atoms. The van der Waals surface area contributed by atoms with Crippen LogP contribution in [0, 0.1) is 18.3 Å². The van der Waals surface area contributed by atoms with Gasteiger partial charge in [-0.3, -0.25) is 4.79 Å². The van der Waals surface area contributed by atoms with Crippen molar-refractivity contribution < 1.29 is 9.21 Å². The molecule has 1 N–H and O–H groups in total. The first-order valence-electron chi connectivity index (χ1n) is 8.02. The summed E-state index contributed by atoms with van der Waals surface area (Å²) in [5.41, 5.74) is 2.00. The Kier molecular flexibility index (Phi) is 5.66. The Labute approximate surface area is 166 Å². The van der Waals surface area contributed by atoms with Gasteiger partial charge in [-0.2, -0.15) is 5.26 Å². The minimum Gasteiger partial charge on any atom is -0.457 e. The van der Waals surface area contributed by atoms with Crippen LogP contribution >= 0.6 is 23.2 Å². The monoisotopic (exact) mass is 396 g/mol. The molecule has 134 valence electrons. The summed E-state index contributed by atoms with van der Waals surface area (Å²) in [6.07, 6.45) is 1.39. The molecule has 27 heavy (non-hydrogen) atoms. The minimum absolute atomic E-state index is 0.0821. The number of nitrogens with zero attached hydrogens (tertiary/aromatic N) is 1. The third-order valence-electron chi connectivity index (χ3n) is 3.90. The summed E-state index contributed by atoms with van der Waals surface area (Å²) < 4.78 is 5.71. The van der Waals surface area contributed by atoms with Crippen LogP contribution in [0.1, 0.15) is 11.3 Å². The number of rotatable bonds is 4. The van der Waals surface area contributed by atoms with Crippen molar-refractivity contribution in [3.8, 4) is 17.4 Å². The standard InChI is InChI=1S/C21H14Cl2N2O2/c1-13-18(23)6-3-7-19(13)25-21(26)15(12-24)11-17-8-9-20(27-17)14-4-2-5-16(22)10-14/h2-11H,1H3,(H,25,26)/b15-11+. The van der Waals surface area contributed by atoms with E-state index in [1.807, 2.05) is 18.2 Å². The van der Waals surface area contributed by atoms with Gasteiger partial charge in [-0.15, -0.1) is 0 Å². The van der Waals surface area contributed by atoms with E-state index in [1.54, 1.807) is 49.4 Å². The van der Waals surface area contributed by atoms with Crippen molar-refractivity contribution in [3.63, 3.8) is 0 Å². The van der Waals surface area contributed by atoms with E-state index in [0.717, 1.165) is 11.1 Å². The molecule has 2 aromatic carbocycles. The molecule has 6 heteroatoms. The SMILES string of the molecule is Cc1c(Cl)cccc1NC(=O)/C(C#N)=C/c1ccc(-c2cccc(Cl)c2)o1. The van der Waals surface area contributed by atoms with E-state index >= 15 is 0 Å². The second-order valence-electron chi connectivity index (χ2n) is 5.75. The van der Waals surface area contributed by atoms with Crippen molar-refractivity contribution in [1.82, 2.24) is 0 Å². The van der Waals surface area contributed by atoms with E-state index in [9.17, 15) is 10.1 Å². The number of hydrogen-bond acceptors (Lipinski definition) is 3. The summed E-state index contributed by atoms with van der Waals surface area (Å²) in [7, 11) is 0. The number of hydrogen-bond donors (Lipinski definition) is 1. The van der Waals surface area contributed by atoms with Gasteiger partial charge in [-0.1, -0.05) is 41.4 Å². The van der Waals surface area contributed by atoms with Crippen LogP contribution in [-0.2, 0) is 4.79 Å². The second kappa shape index (κ2) is 8.13. The van der Waals surface area contributed by atoms with Gasteiger partial charge in [-0.05, 0) is 48.9 Å². The van der Waals surface area contributed by atoms with E-state index in [0.29, 0.717) is 27.3 Å². The van der Waals surface area contributed by atoms with Crippen LogP contribution in [0.5, 0.6) is 0 Å². The van der Waals surface area contributed by atoms with E-state index < -0.39 is 5.91 Å². The van der Waals surface area contributed by atoms with Crippen molar-refractivity contribution in [2.75, 3.05) is 5.32 Å². The molecule has 0 aliphatic rings. The van der Waals surface area contributed by atoms with Crippen molar-refractivity contribution in [2.45, 2.75) is 6.92 Å². The van der Waals surface area contributed by atoms with Crippen molar-refractivity contribution >= 4 is 40.9 Å². The molecule has 3 aromatic rings. The summed E-state index contributed by atoms with van der Waals surface area (Å²) in [6.45, 7) is 1.79. The normalized spacial score (nSPS) is 11.1. The summed E-state index contributed by atoms with van der Waals surface area (Å²) in [4.78, 5) is 12.4. The van der Waals surface area contributed by atoms with Gasteiger partial charge >= 0.3 is 0 Å². The fourth-order valence-corrected chi connectivity index (χ4v) is 2.82. The highest BCUT2D eigenvalue weighted by atomic mass is 35.5. The molecule has 3 rings (SSSR count). The van der Waals surface area contributed by atoms with Gasteiger partial charge in [0.05, 0.1) is 0 Å². The van der Waals surface area contributed by atoms with Gasteiger partial charge in [0, 0.05) is 27.4 Å². The highest BCUT2D eigenvalue weighted by Crippen LogP contribution is 2.26. The van der Waals surface area contributed by atoms with Crippen molar-refractivity contribution in [1.29, 1.82) is 5.26 Å². The first-order valence-corrected chi connectivity index (χ1v) is 8.77. The van der Waals surface area contributed by atoms with E-state index in [4.69, 9.17) is 27.6 Å². The lowest BCUT2D eigenvalue weighted by Gasteiger charge is -2.08. The van der Waals surface area contributed by atoms with Crippen molar-refractivity contribution in [2.24, 2.45) is 0 Å². The smallest absolute Gasteiger partial charge is 0.266 e. The number of carbonyl (C=O) groups is 1. The topological polar surface area (TPSA) is 66.0 Å². The summed E-state index contributed by atoms with van der Waals surface area (Å²) in [5, 5.41) is 13.2. The zero-order valence-corrected chi connectivity index (χ0v) is 15.8. The largest absolute Gasteiger partial charge is 0.457 e. The average Bonchev–Trinajstić information content (AvgIpc) is 3.12. The van der Waals surface area contributed by atoms with Gasteiger partial charge in [0.2, 0.25) is 0 Å². The predicted molar refractivity (Wildman–Crippen MR) is 108 cm³/mol. The fraction of sp³-hybridized carbons (Fsp3) is 0.0476. The molecule has 1 aromatic heterocycles. The summed E-state index contributed by atoms with van der Waals surface area (Å²) in [5.74, 6) is 0.440. The van der Waals surface area contributed by atoms with Gasteiger partial charge in [-0.25, -0.2) is 0 Å². The number of nitriles is 1. The number of anilines is 1. The average molecular weight is 397 g/mol. The van der Waals surface area contributed by atoms with Gasteiger partial charge < -0.3 is 9.73 Å². The second-order valence-corrected chi connectivity index (χ2v) is 6.59. The quantitative estimate of drug-likeness (QED) is 0.427. The number of furan rings is 1. The number of amides is 1. The zero-order chi connectivity index (χ0) is 19.4. The first kappa shape index (κ1) is 18.8.